The van der Waals surface area contributed by atoms with E-state index in [1.165, 1.54) is 0 Å². The van der Waals surface area contributed by atoms with E-state index in [0.717, 1.165) is 17.1 Å². The van der Waals surface area contributed by atoms with Crippen LogP contribution in [0.15, 0.2) is 18.3 Å². The molecule has 2 aromatic rings. The number of hydrogen-bond donors (Lipinski definition) is 1. The Morgan fingerprint density at radius 2 is 2.24 bits per heavy atom. The molecule has 0 amide bonds. The number of pyridine rings is 1. The Morgan fingerprint density at radius 3 is 2.88 bits per heavy atom. The van der Waals surface area contributed by atoms with Crippen LogP contribution in [0.4, 0.5) is 0 Å². The number of hydrogen-bond acceptors (Lipinski definition) is 5. The van der Waals surface area contributed by atoms with Crippen LogP contribution in [0.2, 0.25) is 0 Å². The van der Waals surface area contributed by atoms with Crippen LogP contribution in [0.1, 0.15) is 17.1 Å². The molecule has 17 heavy (non-hydrogen) atoms. The molecule has 0 unspecified atom stereocenters. The Labute approximate surface area is 99.4 Å². The second kappa shape index (κ2) is 4.92. The summed E-state index contributed by atoms with van der Waals surface area (Å²) in [6.45, 7) is 2.65. The zero-order valence-corrected chi connectivity index (χ0v) is 9.92. The first kappa shape index (κ1) is 11.5. The maximum absolute atomic E-state index is 5.62. The van der Waals surface area contributed by atoms with Gasteiger partial charge in [0.15, 0.2) is 0 Å². The number of nitrogens with zero attached hydrogens (tertiary/aromatic N) is 4. The number of aromatic nitrogens is 4. The molecular weight excluding hydrogens is 218 g/mol. The highest BCUT2D eigenvalue weighted by Gasteiger charge is 2.06. The summed E-state index contributed by atoms with van der Waals surface area (Å²) in [4.78, 5) is 4.32. The third kappa shape index (κ3) is 2.79. The molecular formula is C11H15N5O. The summed E-state index contributed by atoms with van der Waals surface area (Å²) in [7, 11) is 1.81. The number of nitrogens with two attached hydrogens (primary N) is 1. The van der Waals surface area contributed by atoms with Crippen molar-refractivity contribution in [2.75, 3.05) is 0 Å². The normalized spacial score (nSPS) is 10.5. The van der Waals surface area contributed by atoms with Gasteiger partial charge in [-0.2, -0.15) is 0 Å². The minimum atomic E-state index is 0.359. The van der Waals surface area contributed by atoms with Gasteiger partial charge in [-0.1, -0.05) is 5.21 Å². The van der Waals surface area contributed by atoms with Gasteiger partial charge in [0.25, 0.3) is 0 Å². The minimum absolute atomic E-state index is 0.359. The van der Waals surface area contributed by atoms with Crippen LogP contribution >= 0.6 is 0 Å². The molecule has 0 bridgehead atoms. The van der Waals surface area contributed by atoms with Crippen molar-refractivity contribution in [2.45, 2.75) is 20.1 Å². The summed E-state index contributed by atoms with van der Waals surface area (Å²) in [5.41, 5.74) is 8.08. The van der Waals surface area contributed by atoms with Crippen LogP contribution in [-0.2, 0) is 20.2 Å². The molecule has 6 nitrogen and oxygen atoms in total. The van der Waals surface area contributed by atoms with Gasteiger partial charge in [0, 0.05) is 19.3 Å². The van der Waals surface area contributed by atoms with E-state index in [0.29, 0.717) is 18.9 Å². The first-order valence-corrected chi connectivity index (χ1v) is 5.33. The predicted molar refractivity (Wildman–Crippen MR) is 62.2 cm³/mol. The summed E-state index contributed by atoms with van der Waals surface area (Å²) >= 11 is 0. The Morgan fingerprint density at radius 1 is 1.41 bits per heavy atom. The van der Waals surface area contributed by atoms with Gasteiger partial charge in [0.05, 0.1) is 11.9 Å². The molecule has 0 atom stereocenters. The highest BCUT2D eigenvalue weighted by Crippen LogP contribution is 2.17. The van der Waals surface area contributed by atoms with Crippen LogP contribution in [0.5, 0.6) is 5.75 Å². The van der Waals surface area contributed by atoms with Crippen molar-refractivity contribution < 1.29 is 4.74 Å². The molecule has 0 fully saturated rings. The van der Waals surface area contributed by atoms with Gasteiger partial charge in [-0.25, -0.2) is 0 Å². The van der Waals surface area contributed by atoms with Crippen LogP contribution in [0, 0.1) is 6.92 Å². The summed E-state index contributed by atoms with van der Waals surface area (Å²) in [5.74, 6) is 0.698. The van der Waals surface area contributed by atoms with Gasteiger partial charge in [-0.3, -0.25) is 9.67 Å². The zero-order valence-electron chi connectivity index (χ0n) is 9.92. The molecule has 0 saturated heterocycles. The topological polar surface area (TPSA) is 78.8 Å². The van der Waals surface area contributed by atoms with E-state index in [1.807, 2.05) is 32.3 Å². The predicted octanol–water partition coefficient (Wildman–Crippen LogP) is 0.556. The van der Waals surface area contributed by atoms with E-state index in [1.54, 1.807) is 4.68 Å². The van der Waals surface area contributed by atoms with Gasteiger partial charge in [-0.15, -0.1) is 5.10 Å². The quantitative estimate of drug-likeness (QED) is 0.834. The average molecular weight is 233 g/mol. The van der Waals surface area contributed by atoms with Crippen molar-refractivity contribution in [3.05, 3.63) is 35.4 Å². The van der Waals surface area contributed by atoms with Crippen LogP contribution in [0.25, 0.3) is 0 Å². The van der Waals surface area contributed by atoms with E-state index in [4.69, 9.17) is 10.5 Å². The molecule has 2 N–H and O–H groups in total. The lowest BCUT2D eigenvalue weighted by Crippen LogP contribution is -2.06. The minimum Gasteiger partial charge on any atom is -0.485 e. The van der Waals surface area contributed by atoms with Gasteiger partial charge in [-0.05, 0) is 19.1 Å². The number of rotatable bonds is 4. The Hall–Kier alpha value is -1.95. The molecule has 0 aliphatic carbocycles. The Bertz CT molecular complexity index is 508. The molecule has 6 heteroatoms. The lowest BCUT2D eigenvalue weighted by molar-refractivity contribution is 0.296. The molecule has 0 aliphatic heterocycles. The van der Waals surface area contributed by atoms with E-state index >= 15 is 0 Å². The van der Waals surface area contributed by atoms with Gasteiger partial charge < -0.3 is 10.5 Å². The SMILES string of the molecule is Cc1ccc(OCc2cn(C)nn2)c(CN)n1. The number of ether oxygens (including phenoxy) is 1. The second-order valence-corrected chi connectivity index (χ2v) is 3.77. The van der Waals surface area contributed by atoms with Crippen molar-refractivity contribution in [1.82, 2.24) is 20.0 Å². The molecule has 2 heterocycles. The molecule has 2 rings (SSSR count). The molecule has 0 radical (unpaired) electrons. The highest BCUT2D eigenvalue weighted by atomic mass is 16.5. The van der Waals surface area contributed by atoms with E-state index in [9.17, 15) is 0 Å². The van der Waals surface area contributed by atoms with Crippen molar-refractivity contribution in [1.29, 1.82) is 0 Å². The highest BCUT2D eigenvalue weighted by molar-refractivity contribution is 5.29. The average Bonchev–Trinajstić information content (AvgIpc) is 2.73. The van der Waals surface area contributed by atoms with Gasteiger partial charge in [0.1, 0.15) is 18.1 Å². The molecule has 2 aromatic heterocycles. The van der Waals surface area contributed by atoms with Gasteiger partial charge >= 0.3 is 0 Å². The standard InChI is InChI=1S/C11H15N5O/c1-8-3-4-11(10(5-12)13-8)17-7-9-6-16(2)15-14-9/h3-4,6H,5,7,12H2,1-2H3. The smallest absolute Gasteiger partial charge is 0.142 e. The fourth-order valence-electron chi connectivity index (χ4n) is 1.49. The summed E-state index contributed by atoms with van der Waals surface area (Å²) < 4.78 is 7.26. The first-order chi connectivity index (χ1) is 8.19. The van der Waals surface area contributed by atoms with Gasteiger partial charge in [0.2, 0.25) is 0 Å². The van der Waals surface area contributed by atoms with Crippen LogP contribution in [-0.4, -0.2) is 20.0 Å². The summed E-state index contributed by atoms with van der Waals surface area (Å²) in [6, 6.07) is 3.77. The molecule has 0 spiro atoms. The van der Waals surface area contributed by atoms with Crippen LogP contribution < -0.4 is 10.5 Å². The van der Waals surface area contributed by atoms with E-state index in [-0.39, 0.29) is 0 Å². The maximum Gasteiger partial charge on any atom is 0.142 e. The molecule has 0 saturated carbocycles. The lowest BCUT2D eigenvalue weighted by atomic mass is 10.3. The largest absolute Gasteiger partial charge is 0.485 e. The third-order valence-electron chi connectivity index (χ3n) is 2.29. The van der Waals surface area contributed by atoms with E-state index < -0.39 is 0 Å². The third-order valence-corrected chi connectivity index (χ3v) is 2.29. The number of aryl methyl sites for hydroxylation is 2. The Kier molecular flexibility index (Phi) is 3.34. The summed E-state index contributed by atoms with van der Waals surface area (Å²) in [5, 5.41) is 7.77. The van der Waals surface area contributed by atoms with Crippen molar-refractivity contribution in [3.63, 3.8) is 0 Å². The maximum atomic E-state index is 5.62. The summed E-state index contributed by atoms with van der Waals surface area (Å²) in [6.07, 6.45) is 1.81. The fourth-order valence-corrected chi connectivity index (χ4v) is 1.49. The zero-order chi connectivity index (χ0) is 12.3. The van der Waals surface area contributed by atoms with Crippen molar-refractivity contribution in [2.24, 2.45) is 12.8 Å². The monoisotopic (exact) mass is 233 g/mol. The molecule has 90 valence electrons. The van der Waals surface area contributed by atoms with Crippen LogP contribution in [0.3, 0.4) is 0 Å². The Balaban J connectivity index is 2.08. The second-order valence-electron chi connectivity index (χ2n) is 3.77. The van der Waals surface area contributed by atoms with Crippen molar-refractivity contribution in [3.8, 4) is 5.75 Å². The fraction of sp³-hybridized carbons (Fsp3) is 0.364. The van der Waals surface area contributed by atoms with E-state index in [2.05, 4.69) is 15.3 Å². The first-order valence-electron chi connectivity index (χ1n) is 5.33. The lowest BCUT2D eigenvalue weighted by Gasteiger charge is -2.08. The van der Waals surface area contributed by atoms with Crippen molar-refractivity contribution >= 4 is 0 Å². The molecule has 0 aromatic carbocycles. The molecule has 0 aliphatic rings.